The number of rotatable bonds is 1. The molecule has 1 saturated heterocycles. The van der Waals surface area contributed by atoms with Crippen molar-refractivity contribution < 1.29 is 4.74 Å². The summed E-state index contributed by atoms with van der Waals surface area (Å²) in [5.41, 5.74) is 0. The van der Waals surface area contributed by atoms with Crippen LogP contribution in [0.5, 0.6) is 0 Å². The Morgan fingerprint density at radius 2 is 1.80 bits per heavy atom. The predicted octanol–water partition coefficient (Wildman–Crippen LogP) is 2.72. The first-order valence-electron chi connectivity index (χ1n) is 6.65. The maximum Gasteiger partial charge on any atom is 0.0728 e. The van der Waals surface area contributed by atoms with Gasteiger partial charge >= 0.3 is 0 Å². The Morgan fingerprint density at radius 3 is 2.53 bits per heavy atom. The topological polar surface area (TPSA) is 21.3 Å². The van der Waals surface area contributed by atoms with Gasteiger partial charge in [-0.3, -0.25) is 0 Å². The minimum absolute atomic E-state index is 0.500. The third kappa shape index (κ3) is 2.94. The Morgan fingerprint density at radius 1 is 1.07 bits per heavy atom. The van der Waals surface area contributed by atoms with E-state index in [9.17, 15) is 0 Å². The summed E-state index contributed by atoms with van der Waals surface area (Å²) in [6, 6.07) is 1.21. The van der Waals surface area contributed by atoms with Gasteiger partial charge in [-0.25, -0.2) is 0 Å². The Labute approximate surface area is 93.8 Å². The maximum absolute atomic E-state index is 6.03. The van der Waals surface area contributed by atoms with Crippen LogP contribution < -0.4 is 5.32 Å². The van der Waals surface area contributed by atoms with Crippen LogP contribution in [0.2, 0.25) is 0 Å². The molecule has 15 heavy (non-hydrogen) atoms. The number of nitrogens with one attached hydrogen (secondary N) is 1. The zero-order chi connectivity index (χ0) is 10.7. The second-order valence-corrected chi connectivity index (χ2v) is 5.49. The molecular weight excluding hydrogens is 186 g/mol. The molecule has 1 aliphatic carbocycles. The molecule has 2 nitrogen and oxygen atoms in total. The molecule has 88 valence electrons. The lowest BCUT2D eigenvalue weighted by molar-refractivity contribution is -0.0463. The standard InChI is InChI=1S/C13H25NO/c1-10(2)12-9-15-13-8-6-4-3-5-7-11(13)14-12/h10-14H,3-9H2,1-2H3. The molecule has 3 unspecified atom stereocenters. The van der Waals surface area contributed by atoms with Crippen LogP contribution in [-0.2, 0) is 4.74 Å². The molecule has 3 atom stereocenters. The van der Waals surface area contributed by atoms with Crippen LogP contribution in [0.3, 0.4) is 0 Å². The van der Waals surface area contributed by atoms with Crippen LogP contribution in [0.15, 0.2) is 0 Å². The summed E-state index contributed by atoms with van der Waals surface area (Å²) in [6.45, 7) is 5.48. The Kier molecular flexibility index (Phi) is 4.04. The molecule has 1 N–H and O–H groups in total. The van der Waals surface area contributed by atoms with Crippen molar-refractivity contribution in [1.82, 2.24) is 5.32 Å². The van der Waals surface area contributed by atoms with Gasteiger partial charge in [0.15, 0.2) is 0 Å². The molecule has 0 bridgehead atoms. The first-order chi connectivity index (χ1) is 7.27. The van der Waals surface area contributed by atoms with Crippen molar-refractivity contribution in [2.24, 2.45) is 5.92 Å². The van der Waals surface area contributed by atoms with E-state index in [1.54, 1.807) is 0 Å². The Hall–Kier alpha value is -0.0800. The van der Waals surface area contributed by atoms with E-state index >= 15 is 0 Å². The minimum Gasteiger partial charge on any atom is -0.375 e. The van der Waals surface area contributed by atoms with Crippen LogP contribution in [0.25, 0.3) is 0 Å². The summed E-state index contributed by atoms with van der Waals surface area (Å²) in [7, 11) is 0. The lowest BCUT2D eigenvalue weighted by Crippen LogP contribution is -2.56. The van der Waals surface area contributed by atoms with Crippen molar-refractivity contribution in [3.05, 3.63) is 0 Å². The normalized spacial score (nSPS) is 38.2. The van der Waals surface area contributed by atoms with E-state index in [2.05, 4.69) is 19.2 Å². The van der Waals surface area contributed by atoms with E-state index < -0.39 is 0 Å². The fourth-order valence-electron chi connectivity index (χ4n) is 2.78. The molecule has 0 spiro atoms. The first-order valence-corrected chi connectivity index (χ1v) is 6.65. The highest BCUT2D eigenvalue weighted by molar-refractivity contribution is 4.88. The van der Waals surface area contributed by atoms with E-state index in [0.717, 1.165) is 6.61 Å². The van der Waals surface area contributed by atoms with Crippen molar-refractivity contribution in [1.29, 1.82) is 0 Å². The van der Waals surface area contributed by atoms with E-state index in [4.69, 9.17) is 4.74 Å². The highest BCUT2D eigenvalue weighted by Gasteiger charge is 2.31. The van der Waals surface area contributed by atoms with E-state index in [-0.39, 0.29) is 0 Å². The fourth-order valence-corrected chi connectivity index (χ4v) is 2.78. The highest BCUT2D eigenvalue weighted by Crippen LogP contribution is 2.24. The van der Waals surface area contributed by atoms with Gasteiger partial charge in [0.1, 0.15) is 0 Å². The summed E-state index contributed by atoms with van der Waals surface area (Å²) in [6.07, 6.45) is 8.63. The number of ether oxygens (including phenoxy) is 1. The quantitative estimate of drug-likeness (QED) is 0.720. The molecule has 0 radical (unpaired) electrons. The first kappa shape index (κ1) is 11.4. The van der Waals surface area contributed by atoms with Crippen molar-refractivity contribution in [2.75, 3.05) is 6.61 Å². The lowest BCUT2D eigenvalue weighted by atomic mass is 9.90. The van der Waals surface area contributed by atoms with Gasteiger partial charge < -0.3 is 10.1 Å². The van der Waals surface area contributed by atoms with Gasteiger partial charge in [-0.15, -0.1) is 0 Å². The molecule has 0 amide bonds. The number of morpholine rings is 1. The van der Waals surface area contributed by atoms with E-state index in [0.29, 0.717) is 24.1 Å². The second-order valence-electron chi connectivity index (χ2n) is 5.49. The summed E-state index contributed by atoms with van der Waals surface area (Å²) in [5.74, 6) is 0.691. The molecule has 0 aromatic heterocycles. The third-order valence-electron chi connectivity index (χ3n) is 3.93. The van der Waals surface area contributed by atoms with Crippen LogP contribution in [0, 0.1) is 5.92 Å². The highest BCUT2D eigenvalue weighted by atomic mass is 16.5. The molecule has 1 aliphatic heterocycles. The summed E-state index contributed by atoms with van der Waals surface area (Å²) in [5, 5.41) is 3.80. The van der Waals surface area contributed by atoms with Gasteiger partial charge in [-0.1, -0.05) is 39.5 Å². The summed E-state index contributed by atoms with van der Waals surface area (Å²) < 4.78 is 6.03. The molecule has 2 heteroatoms. The number of hydrogen-bond acceptors (Lipinski definition) is 2. The minimum atomic E-state index is 0.500. The van der Waals surface area contributed by atoms with Crippen molar-refractivity contribution in [3.8, 4) is 0 Å². The van der Waals surface area contributed by atoms with Crippen LogP contribution in [0.4, 0.5) is 0 Å². The molecule has 1 saturated carbocycles. The van der Waals surface area contributed by atoms with Gasteiger partial charge in [0.25, 0.3) is 0 Å². The van der Waals surface area contributed by atoms with Gasteiger partial charge in [-0.2, -0.15) is 0 Å². The van der Waals surface area contributed by atoms with Crippen molar-refractivity contribution in [2.45, 2.75) is 70.6 Å². The van der Waals surface area contributed by atoms with Crippen molar-refractivity contribution >= 4 is 0 Å². The second kappa shape index (κ2) is 5.31. The van der Waals surface area contributed by atoms with Gasteiger partial charge in [0, 0.05) is 12.1 Å². The predicted molar refractivity (Wildman–Crippen MR) is 63.0 cm³/mol. The largest absolute Gasteiger partial charge is 0.375 e. The maximum atomic E-state index is 6.03. The number of hydrogen-bond donors (Lipinski definition) is 1. The van der Waals surface area contributed by atoms with E-state index in [1.807, 2.05) is 0 Å². The van der Waals surface area contributed by atoms with Gasteiger partial charge in [0.2, 0.25) is 0 Å². The molecule has 2 rings (SSSR count). The average molecular weight is 211 g/mol. The Balaban J connectivity index is 1.91. The Bertz CT molecular complexity index is 193. The van der Waals surface area contributed by atoms with Gasteiger partial charge in [-0.05, 0) is 18.8 Å². The SMILES string of the molecule is CC(C)C1COC2CCCCCCC2N1. The van der Waals surface area contributed by atoms with E-state index in [1.165, 1.54) is 38.5 Å². The van der Waals surface area contributed by atoms with Crippen LogP contribution in [-0.4, -0.2) is 24.8 Å². The molecule has 0 aromatic rings. The number of fused-ring (bicyclic) bond motifs is 1. The molecule has 2 aliphatic rings. The fraction of sp³-hybridized carbons (Fsp3) is 1.00. The zero-order valence-corrected chi connectivity index (χ0v) is 10.2. The smallest absolute Gasteiger partial charge is 0.0728 e. The van der Waals surface area contributed by atoms with Crippen LogP contribution >= 0.6 is 0 Å². The zero-order valence-electron chi connectivity index (χ0n) is 10.2. The molecule has 0 aromatic carbocycles. The van der Waals surface area contributed by atoms with Crippen molar-refractivity contribution in [3.63, 3.8) is 0 Å². The monoisotopic (exact) mass is 211 g/mol. The van der Waals surface area contributed by atoms with Crippen LogP contribution in [0.1, 0.15) is 52.4 Å². The summed E-state index contributed by atoms with van der Waals surface area (Å²) in [4.78, 5) is 0. The average Bonchev–Trinajstić information content (AvgIpc) is 2.18. The molecular formula is C13H25NO. The summed E-state index contributed by atoms with van der Waals surface area (Å²) >= 11 is 0. The molecule has 1 heterocycles. The lowest BCUT2D eigenvalue weighted by Gasteiger charge is -2.40. The molecule has 2 fully saturated rings. The third-order valence-corrected chi connectivity index (χ3v) is 3.93. The van der Waals surface area contributed by atoms with Gasteiger partial charge in [0.05, 0.1) is 12.7 Å².